The van der Waals surface area contributed by atoms with Crippen LogP contribution < -0.4 is 14.5 Å². The Bertz CT molecular complexity index is 1640. The molecule has 1 aromatic heterocycles. The summed E-state index contributed by atoms with van der Waals surface area (Å²) >= 11 is 1.76. The highest BCUT2D eigenvalue weighted by Gasteiger charge is 2.29. The second-order valence-electron chi connectivity index (χ2n) is 10.5. The van der Waals surface area contributed by atoms with E-state index >= 15 is 0 Å². The van der Waals surface area contributed by atoms with Gasteiger partial charge >= 0.3 is 0 Å². The number of nitrogens with one attached hydrogen (secondary N) is 1. The summed E-state index contributed by atoms with van der Waals surface area (Å²) < 4.78 is 29.5. The molecular formula is C31H35N5O3S2. The van der Waals surface area contributed by atoms with Crippen molar-refractivity contribution in [2.24, 2.45) is 0 Å². The summed E-state index contributed by atoms with van der Waals surface area (Å²) in [5, 5.41) is 4.08. The van der Waals surface area contributed by atoms with E-state index in [1.807, 2.05) is 24.3 Å². The van der Waals surface area contributed by atoms with Crippen molar-refractivity contribution >= 4 is 48.3 Å². The predicted octanol–water partition coefficient (Wildman–Crippen LogP) is 4.55. The van der Waals surface area contributed by atoms with Crippen molar-refractivity contribution in [1.29, 1.82) is 0 Å². The van der Waals surface area contributed by atoms with Crippen molar-refractivity contribution in [3.8, 4) is 0 Å². The van der Waals surface area contributed by atoms with Gasteiger partial charge in [0, 0.05) is 51.4 Å². The Morgan fingerprint density at radius 1 is 0.951 bits per heavy atom. The fourth-order valence-electron chi connectivity index (χ4n) is 5.66. The number of carbonyl (C=O) groups excluding carboxylic acids is 1. The smallest absolute Gasteiger partial charge is 0.264 e. The second-order valence-corrected chi connectivity index (χ2v) is 13.4. The molecule has 8 nitrogen and oxygen atoms in total. The van der Waals surface area contributed by atoms with Crippen LogP contribution in [0.1, 0.15) is 34.8 Å². The molecule has 0 saturated carbocycles. The first-order chi connectivity index (χ1) is 19.9. The third kappa shape index (κ3) is 5.68. The molecule has 214 valence electrons. The number of anilines is 2. The monoisotopic (exact) mass is 589 g/mol. The molecule has 1 fully saturated rings. The van der Waals surface area contributed by atoms with Crippen molar-refractivity contribution in [3.05, 3.63) is 83.4 Å². The molecule has 4 aromatic rings. The number of rotatable bonds is 8. The van der Waals surface area contributed by atoms with Gasteiger partial charge in [-0.25, -0.2) is 13.4 Å². The van der Waals surface area contributed by atoms with E-state index in [1.165, 1.54) is 26.7 Å². The van der Waals surface area contributed by atoms with E-state index in [1.54, 1.807) is 23.5 Å². The zero-order valence-electron chi connectivity index (χ0n) is 23.3. The molecule has 41 heavy (non-hydrogen) atoms. The molecule has 0 aliphatic carbocycles. The van der Waals surface area contributed by atoms with Crippen LogP contribution in [0.4, 0.5) is 10.8 Å². The maximum absolute atomic E-state index is 13.4. The van der Waals surface area contributed by atoms with Crippen LogP contribution in [0, 0.1) is 0 Å². The third-order valence-corrected chi connectivity index (χ3v) is 10.9. The number of fused-ring (bicyclic) bond motifs is 2. The Labute approximate surface area is 245 Å². The Balaban J connectivity index is 1.00. The van der Waals surface area contributed by atoms with Crippen molar-refractivity contribution in [3.63, 3.8) is 0 Å². The molecule has 0 spiro atoms. The van der Waals surface area contributed by atoms with Crippen LogP contribution in [-0.4, -0.2) is 70.0 Å². The van der Waals surface area contributed by atoms with Crippen molar-refractivity contribution in [2.75, 3.05) is 55.0 Å². The number of benzene rings is 3. The Morgan fingerprint density at radius 2 is 1.73 bits per heavy atom. The molecule has 0 atom stereocenters. The lowest BCUT2D eigenvalue weighted by molar-refractivity contribution is 0.0947. The van der Waals surface area contributed by atoms with E-state index in [-0.39, 0.29) is 10.8 Å². The second kappa shape index (κ2) is 11.8. The lowest BCUT2D eigenvalue weighted by atomic mass is 10.0. The van der Waals surface area contributed by atoms with Crippen LogP contribution in [0.2, 0.25) is 0 Å². The van der Waals surface area contributed by atoms with E-state index in [0.29, 0.717) is 18.7 Å². The molecule has 0 bridgehead atoms. The minimum Gasteiger partial charge on any atom is -0.351 e. The van der Waals surface area contributed by atoms with Crippen molar-refractivity contribution in [1.82, 2.24) is 15.2 Å². The quantitative estimate of drug-likeness (QED) is 0.325. The van der Waals surface area contributed by atoms with Gasteiger partial charge in [-0.05, 0) is 66.8 Å². The first-order valence-corrected chi connectivity index (χ1v) is 16.5. The highest BCUT2D eigenvalue weighted by Crippen LogP contribution is 2.33. The third-order valence-electron chi connectivity index (χ3n) is 8.00. The first-order valence-electron chi connectivity index (χ1n) is 14.3. The molecule has 2 aliphatic rings. The number of hydrogen-bond donors (Lipinski definition) is 1. The van der Waals surface area contributed by atoms with E-state index < -0.39 is 10.0 Å². The van der Waals surface area contributed by atoms with Gasteiger partial charge < -0.3 is 10.2 Å². The van der Waals surface area contributed by atoms with Gasteiger partial charge in [0.15, 0.2) is 5.13 Å². The number of sulfonamides is 1. The summed E-state index contributed by atoms with van der Waals surface area (Å²) in [6.07, 6.45) is 2.64. The number of carbonyl (C=O) groups is 1. The number of aromatic nitrogens is 1. The van der Waals surface area contributed by atoms with Gasteiger partial charge in [-0.15, -0.1) is 0 Å². The van der Waals surface area contributed by atoms with Crippen LogP contribution in [0.15, 0.2) is 71.6 Å². The van der Waals surface area contributed by atoms with Gasteiger partial charge in [-0.1, -0.05) is 48.6 Å². The number of piperazine rings is 1. The normalized spacial score (nSPS) is 16.1. The van der Waals surface area contributed by atoms with Crippen LogP contribution >= 0.6 is 11.3 Å². The molecule has 1 N–H and O–H groups in total. The fraction of sp³-hybridized carbons (Fsp3) is 0.355. The standard InChI is InChI=1S/C31H35N5O3S2/c1-2-23-8-5-11-28-29(23)33-31(40-28)35-21-19-34(20-22-35)18-16-32-30(37)25-12-14-26(15-13-25)41(38,39)36-17-6-9-24-7-3-4-10-27(24)36/h3-5,7-8,10-15H,2,6,9,16-22H2,1H3,(H,32,37). The summed E-state index contributed by atoms with van der Waals surface area (Å²) in [7, 11) is -3.70. The maximum atomic E-state index is 13.4. The molecular weight excluding hydrogens is 555 g/mol. The van der Waals surface area contributed by atoms with Crippen LogP contribution in [0.3, 0.4) is 0 Å². The molecule has 1 amide bonds. The zero-order valence-corrected chi connectivity index (χ0v) is 24.9. The SMILES string of the molecule is CCc1cccc2sc(N3CCN(CCNC(=O)c4ccc(S(=O)(=O)N5CCCc6ccccc65)cc4)CC3)nc12. The summed E-state index contributed by atoms with van der Waals surface area (Å²) in [4.78, 5) is 22.6. The topological polar surface area (TPSA) is 85.8 Å². The molecule has 3 aromatic carbocycles. The number of para-hydroxylation sites is 2. The minimum absolute atomic E-state index is 0.197. The Morgan fingerprint density at radius 3 is 2.51 bits per heavy atom. The number of amides is 1. The summed E-state index contributed by atoms with van der Waals surface area (Å²) in [5.74, 6) is -0.197. The number of aryl methyl sites for hydroxylation is 2. The summed E-state index contributed by atoms with van der Waals surface area (Å²) in [6.45, 7) is 7.57. The summed E-state index contributed by atoms with van der Waals surface area (Å²) in [5.41, 5.74) is 4.66. The molecule has 10 heteroatoms. The highest BCUT2D eigenvalue weighted by molar-refractivity contribution is 7.92. The van der Waals surface area contributed by atoms with Crippen molar-refractivity contribution in [2.45, 2.75) is 31.1 Å². The van der Waals surface area contributed by atoms with Crippen LogP contribution in [0.25, 0.3) is 10.2 Å². The van der Waals surface area contributed by atoms with Crippen LogP contribution in [0.5, 0.6) is 0 Å². The maximum Gasteiger partial charge on any atom is 0.264 e. The van der Waals surface area contributed by atoms with E-state index in [2.05, 4.69) is 40.2 Å². The first kappa shape index (κ1) is 27.7. The minimum atomic E-state index is -3.70. The largest absolute Gasteiger partial charge is 0.351 e. The van der Waals surface area contributed by atoms with Gasteiger partial charge in [0.1, 0.15) is 0 Å². The zero-order chi connectivity index (χ0) is 28.4. The fourth-order valence-corrected chi connectivity index (χ4v) is 8.27. The molecule has 0 unspecified atom stereocenters. The van der Waals surface area contributed by atoms with E-state index in [4.69, 9.17) is 4.98 Å². The highest BCUT2D eigenvalue weighted by atomic mass is 32.2. The molecule has 6 rings (SSSR count). The lowest BCUT2D eigenvalue weighted by Crippen LogP contribution is -2.48. The predicted molar refractivity (Wildman–Crippen MR) is 166 cm³/mol. The van der Waals surface area contributed by atoms with Gasteiger partial charge in [0.2, 0.25) is 0 Å². The van der Waals surface area contributed by atoms with Gasteiger partial charge in [0.25, 0.3) is 15.9 Å². The lowest BCUT2D eigenvalue weighted by Gasteiger charge is -2.34. The molecule has 2 aliphatic heterocycles. The van der Waals surface area contributed by atoms with Gasteiger partial charge in [0.05, 0.1) is 20.8 Å². The van der Waals surface area contributed by atoms with Gasteiger partial charge in [-0.3, -0.25) is 14.0 Å². The van der Waals surface area contributed by atoms with Gasteiger partial charge in [-0.2, -0.15) is 0 Å². The average Bonchev–Trinajstić information content (AvgIpc) is 3.46. The van der Waals surface area contributed by atoms with Crippen molar-refractivity contribution < 1.29 is 13.2 Å². The number of hydrogen-bond acceptors (Lipinski definition) is 7. The Hall–Kier alpha value is -3.47. The molecule has 0 radical (unpaired) electrons. The molecule has 1 saturated heterocycles. The molecule has 3 heterocycles. The number of nitrogens with zero attached hydrogens (tertiary/aromatic N) is 4. The number of thiazole rings is 1. The van der Waals surface area contributed by atoms with Crippen LogP contribution in [-0.2, 0) is 22.9 Å². The average molecular weight is 590 g/mol. The Kier molecular flexibility index (Phi) is 7.96. The van der Waals surface area contributed by atoms with E-state index in [9.17, 15) is 13.2 Å². The summed E-state index contributed by atoms with van der Waals surface area (Å²) in [6, 6.07) is 20.3. The van der Waals surface area contributed by atoms with E-state index in [0.717, 1.165) is 73.9 Å².